The van der Waals surface area contributed by atoms with Crippen LogP contribution in [0.2, 0.25) is 0 Å². The molecule has 1 aliphatic carbocycles. The predicted octanol–water partition coefficient (Wildman–Crippen LogP) is 2.16. The third kappa shape index (κ3) is 4.38. The molecule has 0 spiro atoms. The van der Waals surface area contributed by atoms with E-state index in [0.29, 0.717) is 36.6 Å². The summed E-state index contributed by atoms with van der Waals surface area (Å²) < 4.78 is 11.8. The van der Waals surface area contributed by atoms with Gasteiger partial charge in [-0.25, -0.2) is 4.98 Å². The number of nitrogens with zero attached hydrogens (tertiary/aromatic N) is 2. The summed E-state index contributed by atoms with van der Waals surface area (Å²) in [5.74, 6) is 2.32. The van der Waals surface area contributed by atoms with E-state index < -0.39 is 5.60 Å². The topological polar surface area (TPSA) is 83.9 Å². The first-order valence-electron chi connectivity index (χ1n) is 10.9. The summed E-state index contributed by atoms with van der Waals surface area (Å²) in [6, 6.07) is 12.2. The van der Waals surface area contributed by atoms with E-state index in [4.69, 9.17) is 9.47 Å². The highest BCUT2D eigenvalue weighted by atomic mass is 16.6. The Balaban J connectivity index is 1.11. The van der Waals surface area contributed by atoms with Crippen LogP contribution in [0.5, 0.6) is 11.6 Å². The first-order valence-corrected chi connectivity index (χ1v) is 10.9. The molecule has 1 aromatic heterocycles. The van der Waals surface area contributed by atoms with Crippen molar-refractivity contribution in [1.82, 2.24) is 15.2 Å². The van der Waals surface area contributed by atoms with Crippen molar-refractivity contribution in [2.24, 2.45) is 17.8 Å². The number of aromatic nitrogens is 1. The number of fused-ring (bicyclic) bond motifs is 2. The van der Waals surface area contributed by atoms with Crippen LogP contribution in [0, 0.1) is 17.8 Å². The number of amides is 1. The Morgan fingerprint density at radius 2 is 1.97 bits per heavy atom. The number of pyridine rings is 1. The Morgan fingerprint density at radius 3 is 2.68 bits per heavy atom. The fourth-order valence-electron chi connectivity index (χ4n) is 4.72. The van der Waals surface area contributed by atoms with Crippen molar-refractivity contribution in [2.75, 3.05) is 26.2 Å². The van der Waals surface area contributed by atoms with E-state index in [-0.39, 0.29) is 17.9 Å². The number of hydrogen-bond donors (Lipinski definition) is 2. The van der Waals surface area contributed by atoms with E-state index in [1.165, 1.54) is 5.56 Å². The summed E-state index contributed by atoms with van der Waals surface area (Å²) in [5.41, 5.74) is 1.46. The molecular formula is C24H29N3O4. The summed E-state index contributed by atoms with van der Waals surface area (Å²) in [6.07, 6.45) is 1.55. The molecular weight excluding hydrogens is 394 g/mol. The van der Waals surface area contributed by atoms with Gasteiger partial charge in [0.05, 0.1) is 5.60 Å². The fraction of sp³-hybridized carbons (Fsp3) is 0.500. The van der Waals surface area contributed by atoms with E-state index in [0.717, 1.165) is 25.2 Å². The standard InChI is InChI=1S/C24H29N3O4/c1-24(2,29)14-26-22(28)21-17-11-27(12-18(17)21)10-15-5-7-16(8-6-15)20-13-30-19-4-3-9-25-23(19)31-20/h3-9,17-18,20-21,29H,10-14H2,1-2H3,(H,26,28). The Hall–Kier alpha value is -2.64. The number of carbonyl (C=O) groups excluding carboxylic acids is 1. The maximum Gasteiger partial charge on any atom is 0.257 e. The molecule has 1 saturated carbocycles. The van der Waals surface area contributed by atoms with Crippen LogP contribution >= 0.6 is 0 Å². The van der Waals surface area contributed by atoms with Crippen LogP contribution in [0.1, 0.15) is 31.1 Å². The highest BCUT2D eigenvalue weighted by Crippen LogP contribution is 2.52. The van der Waals surface area contributed by atoms with Gasteiger partial charge in [-0.3, -0.25) is 9.69 Å². The zero-order chi connectivity index (χ0) is 21.6. The first-order chi connectivity index (χ1) is 14.9. The van der Waals surface area contributed by atoms with Gasteiger partial charge in [0.1, 0.15) is 6.61 Å². The Bertz CT molecular complexity index is 944. The molecule has 7 heteroatoms. The minimum atomic E-state index is -0.869. The van der Waals surface area contributed by atoms with Crippen LogP contribution < -0.4 is 14.8 Å². The quantitative estimate of drug-likeness (QED) is 0.741. The Morgan fingerprint density at radius 1 is 1.23 bits per heavy atom. The molecule has 3 atom stereocenters. The van der Waals surface area contributed by atoms with Crippen molar-refractivity contribution < 1.29 is 19.4 Å². The van der Waals surface area contributed by atoms with Crippen molar-refractivity contribution in [3.8, 4) is 11.6 Å². The monoisotopic (exact) mass is 423 g/mol. The normalized spacial score (nSPS) is 26.9. The number of piperidine rings is 1. The summed E-state index contributed by atoms with van der Waals surface area (Å²) in [6.45, 7) is 6.98. The van der Waals surface area contributed by atoms with Gasteiger partial charge in [0.2, 0.25) is 5.91 Å². The van der Waals surface area contributed by atoms with Gasteiger partial charge >= 0.3 is 0 Å². The molecule has 1 saturated heterocycles. The van der Waals surface area contributed by atoms with Crippen molar-refractivity contribution in [3.63, 3.8) is 0 Å². The lowest BCUT2D eigenvalue weighted by molar-refractivity contribution is -0.124. The summed E-state index contributed by atoms with van der Waals surface area (Å²) in [7, 11) is 0. The van der Waals surface area contributed by atoms with E-state index >= 15 is 0 Å². The molecule has 1 amide bonds. The van der Waals surface area contributed by atoms with Crippen LogP contribution in [0.3, 0.4) is 0 Å². The van der Waals surface area contributed by atoms with Crippen LogP contribution in [0.25, 0.3) is 0 Å². The smallest absolute Gasteiger partial charge is 0.257 e. The largest absolute Gasteiger partial charge is 0.484 e. The van der Waals surface area contributed by atoms with Crippen LogP contribution in [0.15, 0.2) is 42.6 Å². The second kappa shape index (κ2) is 7.80. The molecule has 2 N–H and O–H groups in total. The third-order valence-corrected chi connectivity index (χ3v) is 6.41. The molecule has 7 nitrogen and oxygen atoms in total. The maximum atomic E-state index is 12.3. The molecule has 2 aliphatic heterocycles. The lowest BCUT2D eigenvalue weighted by Crippen LogP contribution is -2.40. The zero-order valence-corrected chi connectivity index (χ0v) is 18.0. The molecule has 3 heterocycles. The molecule has 3 unspecified atom stereocenters. The Labute approximate surface area is 182 Å². The van der Waals surface area contributed by atoms with Gasteiger partial charge in [-0.1, -0.05) is 24.3 Å². The summed E-state index contributed by atoms with van der Waals surface area (Å²) in [4.78, 5) is 19.0. The van der Waals surface area contributed by atoms with Gasteiger partial charge in [0.15, 0.2) is 11.9 Å². The van der Waals surface area contributed by atoms with E-state index in [9.17, 15) is 9.90 Å². The van der Waals surface area contributed by atoms with E-state index in [2.05, 4.69) is 39.5 Å². The minimum Gasteiger partial charge on any atom is -0.484 e. The summed E-state index contributed by atoms with van der Waals surface area (Å²) in [5, 5.41) is 12.7. The first kappa shape index (κ1) is 20.3. The number of likely N-dealkylation sites (tertiary alicyclic amines) is 1. The number of carbonyl (C=O) groups is 1. The van der Waals surface area contributed by atoms with Gasteiger partial charge < -0.3 is 19.9 Å². The van der Waals surface area contributed by atoms with Crippen LogP contribution in [-0.4, -0.2) is 52.7 Å². The summed E-state index contributed by atoms with van der Waals surface area (Å²) >= 11 is 0. The molecule has 2 aromatic rings. The van der Waals surface area contributed by atoms with Crippen molar-refractivity contribution in [3.05, 3.63) is 53.7 Å². The number of rotatable bonds is 6. The second-order valence-corrected chi connectivity index (χ2v) is 9.54. The highest BCUT2D eigenvalue weighted by Gasteiger charge is 2.59. The average Bonchev–Trinajstić information content (AvgIpc) is 3.27. The highest BCUT2D eigenvalue weighted by molar-refractivity contribution is 5.82. The maximum absolute atomic E-state index is 12.3. The zero-order valence-electron chi connectivity index (χ0n) is 18.0. The number of nitrogens with one attached hydrogen (secondary N) is 1. The van der Waals surface area contributed by atoms with Crippen molar-refractivity contribution in [1.29, 1.82) is 0 Å². The SMILES string of the molecule is CC(C)(O)CNC(=O)C1C2CN(Cc3ccc(C4COc5cccnc5O4)cc3)CC21. The molecule has 1 aromatic carbocycles. The fourth-order valence-corrected chi connectivity index (χ4v) is 4.72. The Kier molecular flexibility index (Phi) is 5.10. The number of aliphatic hydroxyl groups is 1. The molecule has 31 heavy (non-hydrogen) atoms. The third-order valence-electron chi connectivity index (χ3n) is 6.41. The van der Waals surface area contributed by atoms with Crippen LogP contribution in [-0.2, 0) is 11.3 Å². The number of benzene rings is 1. The van der Waals surface area contributed by atoms with Crippen molar-refractivity contribution >= 4 is 5.91 Å². The number of hydrogen-bond acceptors (Lipinski definition) is 6. The lowest BCUT2D eigenvalue weighted by atomic mass is 10.1. The molecule has 5 rings (SSSR count). The second-order valence-electron chi connectivity index (χ2n) is 9.54. The molecule has 164 valence electrons. The molecule has 3 aliphatic rings. The van der Waals surface area contributed by atoms with Gasteiger partial charge in [0.25, 0.3) is 5.88 Å². The van der Waals surface area contributed by atoms with Gasteiger partial charge in [-0.05, 0) is 48.9 Å². The van der Waals surface area contributed by atoms with Crippen LogP contribution in [0.4, 0.5) is 0 Å². The molecule has 0 bridgehead atoms. The van der Waals surface area contributed by atoms with E-state index in [1.54, 1.807) is 20.0 Å². The number of ether oxygens (including phenoxy) is 2. The predicted molar refractivity (Wildman–Crippen MR) is 115 cm³/mol. The average molecular weight is 424 g/mol. The van der Waals surface area contributed by atoms with Gasteiger partial charge in [-0.15, -0.1) is 0 Å². The minimum absolute atomic E-state index is 0.0897. The van der Waals surface area contributed by atoms with Gasteiger partial charge in [0, 0.05) is 38.3 Å². The van der Waals surface area contributed by atoms with Gasteiger partial charge in [-0.2, -0.15) is 0 Å². The van der Waals surface area contributed by atoms with E-state index in [1.807, 2.05) is 12.1 Å². The van der Waals surface area contributed by atoms with Crippen molar-refractivity contribution in [2.45, 2.75) is 32.1 Å². The lowest BCUT2D eigenvalue weighted by Gasteiger charge is -2.26. The molecule has 0 radical (unpaired) electrons. The molecule has 2 fully saturated rings.